The van der Waals surface area contributed by atoms with Crippen LogP contribution in [0.4, 0.5) is 17.1 Å². The van der Waals surface area contributed by atoms with Crippen molar-refractivity contribution in [2.45, 2.75) is 38.5 Å². The van der Waals surface area contributed by atoms with Gasteiger partial charge in [0.2, 0.25) is 0 Å². The van der Waals surface area contributed by atoms with Gasteiger partial charge in [-0.25, -0.2) is 0 Å². The van der Waals surface area contributed by atoms with Crippen LogP contribution in [0, 0.1) is 0 Å². The fourth-order valence-electron chi connectivity index (χ4n) is 9.73. The Hall–Kier alpha value is -6.38. The molecule has 8 aromatic carbocycles. The third kappa shape index (κ3) is 4.23. The number of benzene rings is 8. The third-order valence-corrected chi connectivity index (χ3v) is 12.4. The summed E-state index contributed by atoms with van der Waals surface area (Å²) in [4.78, 5) is 2.44. The second-order valence-electron chi connectivity index (χ2n) is 16.1. The molecule has 0 unspecified atom stereocenters. The van der Waals surface area contributed by atoms with E-state index in [1.54, 1.807) is 0 Å². The van der Waals surface area contributed by atoms with Gasteiger partial charge in [0.05, 0.1) is 5.69 Å². The molecule has 54 heavy (non-hydrogen) atoms. The van der Waals surface area contributed by atoms with Gasteiger partial charge in [-0.3, -0.25) is 0 Å². The normalized spacial score (nSPS) is 14.6. The van der Waals surface area contributed by atoms with Crippen LogP contribution in [-0.2, 0) is 10.8 Å². The van der Waals surface area contributed by atoms with Crippen LogP contribution in [-0.4, -0.2) is 0 Å². The molecular formula is C52H39NO. The highest BCUT2D eigenvalue weighted by atomic mass is 16.3. The Kier molecular flexibility index (Phi) is 6.39. The summed E-state index contributed by atoms with van der Waals surface area (Å²) in [6, 6.07) is 60.2. The van der Waals surface area contributed by atoms with E-state index < -0.39 is 0 Å². The van der Waals surface area contributed by atoms with Crippen molar-refractivity contribution >= 4 is 49.8 Å². The standard InChI is InChI=1S/C52H39NO/c1-51(2)43-22-12-10-19-37(43)39-27-25-34(30-45(39)51)53(35-26-28-40-38-20-11-13-23-44(38)52(3,4)46(40)31-35)47-24-14-21-41-48-36-18-9-8-17-33(36)29-42(50(48)54-49(41)47)32-15-6-5-7-16-32/h5-31H,1-4H3. The summed E-state index contributed by atoms with van der Waals surface area (Å²) in [5.74, 6) is 0. The zero-order valence-corrected chi connectivity index (χ0v) is 30.9. The zero-order valence-electron chi connectivity index (χ0n) is 30.9. The van der Waals surface area contributed by atoms with Crippen molar-refractivity contribution in [3.8, 4) is 33.4 Å². The van der Waals surface area contributed by atoms with Crippen molar-refractivity contribution < 1.29 is 4.42 Å². The number of para-hydroxylation sites is 1. The van der Waals surface area contributed by atoms with Crippen molar-refractivity contribution in [3.05, 3.63) is 186 Å². The first kappa shape index (κ1) is 31.2. The highest BCUT2D eigenvalue weighted by molar-refractivity contribution is 6.24. The van der Waals surface area contributed by atoms with Crippen LogP contribution in [0.2, 0.25) is 0 Å². The molecule has 0 fully saturated rings. The van der Waals surface area contributed by atoms with E-state index >= 15 is 0 Å². The summed E-state index contributed by atoms with van der Waals surface area (Å²) < 4.78 is 7.23. The lowest BCUT2D eigenvalue weighted by Gasteiger charge is -2.29. The SMILES string of the molecule is CC1(C)c2ccccc2-c2ccc(N(c3ccc4c(c3)C(C)(C)c3ccccc3-4)c3cccc4c3oc3c(-c5ccccc5)cc5ccccc5c34)cc21. The molecule has 0 spiro atoms. The van der Waals surface area contributed by atoms with Crippen LogP contribution in [0.3, 0.4) is 0 Å². The fourth-order valence-corrected chi connectivity index (χ4v) is 9.73. The molecule has 0 N–H and O–H groups in total. The van der Waals surface area contributed by atoms with Crippen molar-refractivity contribution in [1.82, 2.24) is 0 Å². The Bertz CT molecular complexity index is 2890. The van der Waals surface area contributed by atoms with Gasteiger partial charge in [0.15, 0.2) is 5.58 Å². The lowest BCUT2D eigenvalue weighted by atomic mass is 9.82. The van der Waals surface area contributed by atoms with Crippen molar-refractivity contribution in [2.24, 2.45) is 0 Å². The Morgan fingerprint density at radius 2 is 0.944 bits per heavy atom. The monoisotopic (exact) mass is 693 g/mol. The first-order valence-corrected chi connectivity index (χ1v) is 19.0. The van der Waals surface area contributed by atoms with Crippen LogP contribution in [0.25, 0.3) is 66.1 Å². The van der Waals surface area contributed by atoms with Crippen LogP contribution in [0.5, 0.6) is 0 Å². The van der Waals surface area contributed by atoms with Crippen molar-refractivity contribution in [2.75, 3.05) is 4.90 Å². The molecule has 1 heterocycles. The number of fused-ring (bicyclic) bond motifs is 11. The molecule has 0 radical (unpaired) electrons. The summed E-state index contributed by atoms with van der Waals surface area (Å²) in [6.07, 6.45) is 0. The molecule has 2 heteroatoms. The van der Waals surface area contributed by atoms with Gasteiger partial charge in [-0.05, 0) is 97.2 Å². The summed E-state index contributed by atoms with van der Waals surface area (Å²) in [5, 5.41) is 4.67. The van der Waals surface area contributed by atoms with Gasteiger partial charge in [-0.1, -0.05) is 155 Å². The minimum absolute atomic E-state index is 0.135. The molecule has 0 atom stereocenters. The maximum atomic E-state index is 7.23. The molecule has 0 saturated carbocycles. The number of hydrogen-bond acceptors (Lipinski definition) is 2. The average molecular weight is 694 g/mol. The summed E-state index contributed by atoms with van der Waals surface area (Å²) in [5.41, 5.74) is 17.7. The van der Waals surface area contributed by atoms with E-state index in [-0.39, 0.29) is 10.8 Å². The quantitative estimate of drug-likeness (QED) is 0.182. The van der Waals surface area contributed by atoms with Crippen LogP contribution < -0.4 is 4.90 Å². The highest BCUT2D eigenvalue weighted by Gasteiger charge is 2.38. The van der Waals surface area contributed by atoms with Crippen LogP contribution in [0.1, 0.15) is 49.9 Å². The van der Waals surface area contributed by atoms with E-state index in [2.05, 4.69) is 196 Å². The Balaban J connectivity index is 1.20. The molecule has 0 saturated heterocycles. The molecule has 1 aromatic heterocycles. The summed E-state index contributed by atoms with van der Waals surface area (Å²) >= 11 is 0. The number of nitrogens with zero attached hydrogens (tertiary/aromatic N) is 1. The van der Waals surface area contributed by atoms with Gasteiger partial charge in [-0.15, -0.1) is 0 Å². The number of hydrogen-bond donors (Lipinski definition) is 0. The van der Waals surface area contributed by atoms with E-state index in [4.69, 9.17) is 4.42 Å². The molecule has 2 nitrogen and oxygen atoms in total. The molecule has 2 aliphatic rings. The molecule has 9 aromatic rings. The molecular weight excluding hydrogens is 655 g/mol. The van der Waals surface area contributed by atoms with E-state index in [0.29, 0.717) is 0 Å². The minimum atomic E-state index is -0.135. The smallest absolute Gasteiger partial charge is 0.159 e. The van der Waals surface area contributed by atoms with Gasteiger partial charge >= 0.3 is 0 Å². The van der Waals surface area contributed by atoms with E-state index in [1.807, 2.05) is 0 Å². The summed E-state index contributed by atoms with van der Waals surface area (Å²) in [6.45, 7) is 9.43. The molecule has 0 amide bonds. The Morgan fingerprint density at radius 1 is 0.407 bits per heavy atom. The van der Waals surface area contributed by atoms with Gasteiger partial charge in [0.1, 0.15) is 5.58 Å². The number of anilines is 3. The first-order chi connectivity index (χ1) is 26.3. The molecule has 2 aliphatic carbocycles. The van der Waals surface area contributed by atoms with Crippen LogP contribution in [0.15, 0.2) is 168 Å². The van der Waals surface area contributed by atoms with Crippen LogP contribution >= 0.6 is 0 Å². The summed E-state index contributed by atoms with van der Waals surface area (Å²) in [7, 11) is 0. The maximum Gasteiger partial charge on any atom is 0.159 e. The van der Waals surface area contributed by atoms with E-state index in [0.717, 1.165) is 50.1 Å². The predicted octanol–water partition coefficient (Wildman–Crippen LogP) is 14.5. The predicted molar refractivity (Wildman–Crippen MR) is 226 cm³/mol. The third-order valence-electron chi connectivity index (χ3n) is 12.4. The van der Waals surface area contributed by atoms with Crippen molar-refractivity contribution in [1.29, 1.82) is 0 Å². The first-order valence-electron chi connectivity index (χ1n) is 19.0. The second kappa shape index (κ2) is 11.1. The lowest BCUT2D eigenvalue weighted by Crippen LogP contribution is -2.18. The largest absolute Gasteiger partial charge is 0.453 e. The Labute approximate surface area is 315 Å². The van der Waals surface area contributed by atoms with E-state index in [9.17, 15) is 0 Å². The molecule has 258 valence electrons. The Morgan fingerprint density at radius 3 is 1.59 bits per heavy atom. The number of furan rings is 1. The van der Waals surface area contributed by atoms with Gasteiger partial charge in [0.25, 0.3) is 0 Å². The molecule has 0 bridgehead atoms. The van der Waals surface area contributed by atoms with Gasteiger partial charge in [-0.2, -0.15) is 0 Å². The average Bonchev–Trinajstić information content (AvgIpc) is 3.79. The second-order valence-corrected chi connectivity index (χ2v) is 16.1. The van der Waals surface area contributed by atoms with Gasteiger partial charge < -0.3 is 9.32 Å². The topological polar surface area (TPSA) is 16.4 Å². The number of rotatable bonds is 4. The maximum absolute atomic E-state index is 7.23. The highest BCUT2D eigenvalue weighted by Crippen LogP contribution is 2.54. The molecule has 0 aliphatic heterocycles. The minimum Gasteiger partial charge on any atom is -0.453 e. The zero-order chi connectivity index (χ0) is 36.3. The fraction of sp³-hybridized carbons (Fsp3) is 0.115. The van der Waals surface area contributed by atoms with Crippen molar-refractivity contribution in [3.63, 3.8) is 0 Å². The molecule has 11 rings (SSSR count). The van der Waals surface area contributed by atoms with E-state index in [1.165, 1.54) is 55.3 Å². The van der Waals surface area contributed by atoms with Gasteiger partial charge in [0, 0.05) is 38.5 Å². The lowest BCUT2D eigenvalue weighted by molar-refractivity contribution is 0.659.